The molecule has 0 aliphatic carbocycles. The third-order valence-corrected chi connectivity index (χ3v) is 3.98. The third kappa shape index (κ3) is 2.36. The number of carbonyl (C=O) groups is 1. The molecule has 84 valence electrons. The van der Waals surface area contributed by atoms with Crippen LogP contribution in [-0.4, -0.2) is 17.9 Å². The maximum Gasteiger partial charge on any atom is 0.265 e. The predicted molar refractivity (Wildman–Crippen MR) is 66.5 cm³/mol. The zero-order chi connectivity index (χ0) is 11.5. The van der Waals surface area contributed by atoms with Gasteiger partial charge in [-0.1, -0.05) is 0 Å². The Kier molecular flexibility index (Phi) is 3.46. The highest BCUT2D eigenvalue weighted by Crippen LogP contribution is 2.24. The Hall–Kier alpha value is -1.07. The fourth-order valence-corrected chi connectivity index (χ4v) is 2.88. The predicted octanol–water partition coefficient (Wildman–Crippen LogP) is 3.38. The number of hydrogen-bond donors (Lipinski definition) is 0. The molecule has 2 rings (SSSR count). The average Bonchev–Trinajstić information content (AvgIpc) is 2.88. The van der Waals surface area contributed by atoms with Crippen molar-refractivity contribution in [3.63, 3.8) is 0 Å². The highest BCUT2D eigenvalue weighted by molar-refractivity contribution is 9.10. The van der Waals surface area contributed by atoms with Gasteiger partial charge in [-0.2, -0.15) is 0 Å². The highest BCUT2D eigenvalue weighted by Gasteiger charge is 2.16. The number of rotatable bonds is 3. The van der Waals surface area contributed by atoms with Crippen molar-refractivity contribution in [2.75, 3.05) is 7.05 Å². The lowest BCUT2D eigenvalue weighted by Gasteiger charge is -2.15. The first-order valence-electron chi connectivity index (χ1n) is 4.68. The molecular weight excluding hydrogens is 290 g/mol. The van der Waals surface area contributed by atoms with E-state index in [1.807, 2.05) is 17.5 Å². The van der Waals surface area contributed by atoms with Crippen LogP contribution < -0.4 is 0 Å². The van der Waals surface area contributed by atoms with Crippen molar-refractivity contribution in [3.8, 4) is 0 Å². The number of halogens is 1. The molecule has 0 aliphatic rings. The minimum Gasteiger partial charge on any atom is -0.472 e. The van der Waals surface area contributed by atoms with Crippen molar-refractivity contribution in [2.45, 2.75) is 6.54 Å². The molecule has 0 bridgehead atoms. The Bertz CT molecular complexity index is 478. The highest BCUT2D eigenvalue weighted by atomic mass is 79.9. The molecule has 16 heavy (non-hydrogen) atoms. The molecule has 0 saturated heterocycles. The summed E-state index contributed by atoms with van der Waals surface area (Å²) in [7, 11) is 1.78. The Morgan fingerprint density at radius 1 is 1.56 bits per heavy atom. The smallest absolute Gasteiger partial charge is 0.265 e. The van der Waals surface area contributed by atoms with Gasteiger partial charge in [-0.25, -0.2) is 0 Å². The van der Waals surface area contributed by atoms with Crippen LogP contribution in [0.5, 0.6) is 0 Å². The molecule has 0 radical (unpaired) electrons. The number of furan rings is 1. The average molecular weight is 300 g/mol. The van der Waals surface area contributed by atoms with Crippen molar-refractivity contribution < 1.29 is 9.21 Å². The molecule has 0 aliphatic heterocycles. The Morgan fingerprint density at radius 3 is 2.94 bits per heavy atom. The van der Waals surface area contributed by atoms with E-state index in [4.69, 9.17) is 4.42 Å². The molecule has 0 saturated carbocycles. The quantitative estimate of drug-likeness (QED) is 0.870. The van der Waals surface area contributed by atoms with E-state index in [1.165, 1.54) is 11.3 Å². The van der Waals surface area contributed by atoms with E-state index in [2.05, 4.69) is 15.9 Å². The van der Waals surface area contributed by atoms with Crippen LogP contribution in [0.4, 0.5) is 0 Å². The largest absolute Gasteiger partial charge is 0.472 e. The number of hydrogen-bond acceptors (Lipinski definition) is 3. The number of thiophene rings is 1. The second kappa shape index (κ2) is 4.84. The van der Waals surface area contributed by atoms with E-state index >= 15 is 0 Å². The van der Waals surface area contributed by atoms with Gasteiger partial charge < -0.3 is 9.32 Å². The summed E-state index contributed by atoms with van der Waals surface area (Å²) in [6.07, 6.45) is 3.25. The fourth-order valence-electron chi connectivity index (χ4n) is 1.35. The van der Waals surface area contributed by atoms with Gasteiger partial charge in [0.25, 0.3) is 5.91 Å². The standard InChI is InChI=1S/C11H10BrNO2S/c1-13(6-8-2-4-15-7-8)11(14)10-9(12)3-5-16-10/h2-5,7H,6H2,1H3. The van der Waals surface area contributed by atoms with Crippen molar-refractivity contribution in [1.82, 2.24) is 4.90 Å². The summed E-state index contributed by atoms with van der Waals surface area (Å²) in [6, 6.07) is 3.73. The summed E-state index contributed by atoms with van der Waals surface area (Å²) in [4.78, 5) is 14.4. The minimum atomic E-state index is 0.0167. The maximum atomic E-state index is 12.0. The van der Waals surface area contributed by atoms with Gasteiger partial charge in [-0.15, -0.1) is 11.3 Å². The van der Waals surface area contributed by atoms with Gasteiger partial charge in [-0.05, 0) is 33.4 Å². The molecule has 0 unspecified atom stereocenters. The molecule has 0 atom stereocenters. The van der Waals surface area contributed by atoms with Crippen LogP contribution in [0.3, 0.4) is 0 Å². The van der Waals surface area contributed by atoms with E-state index in [9.17, 15) is 4.79 Å². The third-order valence-electron chi connectivity index (χ3n) is 2.16. The van der Waals surface area contributed by atoms with Gasteiger partial charge in [0, 0.05) is 23.6 Å². The van der Waals surface area contributed by atoms with Gasteiger partial charge in [0.1, 0.15) is 4.88 Å². The lowest BCUT2D eigenvalue weighted by Crippen LogP contribution is -2.25. The molecule has 2 aromatic rings. The number of amides is 1. The first-order chi connectivity index (χ1) is 7.68. The fraction of sp³-hybridized carbons (Fsp3) is 0.182. The van der Waals surface area contributed by atoms with E-state index in [1.54, 1.807) is 24.5 Å². The van der Waals surface area contributed by atoms with Gasteiger partial charge in [-0.3, -0.25) is 4.79 Å². The zero-order valence-corrected chi connectivity index (χ0v) is 11.0. The van der Waals surface area contributed by atoms with E-state index in [0.29, 0.717) is 6.54 Å². The molecule has 0 N–H and O–H groups in total. The molecule has 0 spiro atoms. The second-order valence-electron chi connectivity index (χ2n) is 3.39. The molecule has 0 aromatic carbocycles. The number of nitrogens with zero attached hydrogens (tertiary/aromatic N) is 1. The van der Waals surface area contributed by atoms with Crippen LogP contribution in [0.15, 0.2) is 38.9 Å². The van der Waals surface area contributed by atoms with E-state index < -0.39 is 0 Å². The van der Waals surface area contributed by atoms with Crippen LogP contribution in [0, 0.1) is 0 Å². The monoisotopic (exact) mass is 299 g/mol. The van der Waals surface area contributed by atoms with Crippen LogP contribution in [-0.2, 0) is 6.54 Å². The number of carbonyl (C=O) groups excluding carboxylic acids is 1. The normalized spacial score (nSPS) is 10.4. The second-order valence-corrected chi connectivity index (χ2v) is 5.16. The summed E-state index contributed by atoms with van der Waals surface area (Å²) in [5.41, 5.74) is 0.989. The molecule has 3 nitrogen and oxygen atoms in total. The van der Waals surface area contributed by atoms with Gasteiger partial charge in [0.2, 0.25) is 0 Å². The van der Waals surface area contributed by atoms with Crippen LogP contribution in [0.25, 0.3) is 0 Å². The molecule has 2 heterocycles. The summed E-state index contributed by atoms with van der Waals surface area (Å²) in [6.45, 7) is 0.555. The summed E-state index contributed by atoms with van der Waals surface area (Å²) < 4.78 is 5.81. The zero-order valence-electron chi connectivity index (χ0n) is 8.64. The van der Waals surface area contributed by atoms with Crippen molar-refractivity contribution >= 4 is 33.2 Å². The topological polar surface area (TPSA) is 33.5 Å². The first-order valence-corrected chi connectivity index (χ1v) is 6.35. The Morgan fingerprint density at radius 2 is 2.38 bits per heavy atom. The van der Waals surface area contributed by atoms with Crippen molar-refractivity contribution in [1.29, 1.82) is 0 Å². The molecule has 0 fully saturated rings. The summed E-state index contributed by atoms with van der Waals surface area (Å²) in [5, 5.41) is 1.89. The maximum absolute atomic E-state index is 12.0. The van der Waals surface area contributed by atoms with E-state index in [-0.39, 0.29) is 5.91 Å². The molecule has 2 aromatic heterocycles. The van der Waals surface area contributed by atoms with Gasteiger partial charge in [0.15, 0.2) is 0 Å². The van der Waals surface area contributed by atoms with Crippen LogP contribution >= 0.6 is 27.3 Å². The van der Waals surface area contributed by atoms with Crippen molar-refractivity contribution in [3.05, 3.63) is 45.0 Å². The van der Waals surface area contributed by atoms with Crippen LogP contribution in [0.1, 0.15) is 15.2 Å². The summed E-state index contributed by atoms with van der Waals surface area (Å²) in [5.74, 6) is 0.0167. The first kappa shape index (κ1) is 11.4. The van der Waals surface area contributed by atoms with Gasteiger partial charge in [0.05, 0.1) is 12.5 Å². The molecular formula is C11H10BrNO2S. The van der Waals surface area contributed by atoms with E-state index in [0.717, 1.165) is 14.9 Å². The minimum absolute atomic E-state index is 0.0167. The molecule has 1 amide bonds. The Labute approximate surface area is 106 Å². The van der Waals surface area contributed by atoms with Crippen molar-refractivity contribution in [2.24, 2.45) is 0 Å². The van der Waals surface area contributed by atoms with Gasteiger partial charge >= 0.3 is 0 Å². The lowest BCUT2D eigenvalue weighted by molar-refractivity contribution is 0.0789. The lowest BCUT2D eigenvalue weighted by atomic mass is 10.3. The SMILES string of the molecule is CN(Cc1ccoc1)C(=O)c1sccc1Br. The van der Waals surface area contributed by atoms with Crippen LogP contribution in [0.2, 0.25) is 0 Å². The Balaban J connectivity index is 2.08. The summed E-state index contributed by atoms with van der Waals surface area (Å²) >= 11 is 4.79. The molecule has 5 heteroatoms.